The van der Waals surface area contributed by atoms with Crippen LogP contribution in [-0.2, 0) is 13.1 Å². The van der Waals surface area contributed by atoms with E-state index in [1.54, 1.807) is 24.3 Å². The molecule has 1 aliphatic heterocycles. The number of hydrogen-bond acceptors (Lipinski definition) is 3. The fraction of sp³-hybridized carbons (Fsp3) is 0.240. The molecule has 3 aromatic carbocycles. The summed E-state index contributed by atoms with van der Waals surface area (Å²) in [7, 11) is 0. The molecular formula is C25H25ClFN3O. The molecule has 0 aliphatic carbocycles. The molecule has 1 N–H and O–H groups in total. The van der Waals surface area contributed by atoms with Gasteiger partial charge < -0.3 is 10.2 Å². The lowest BCUT2D eigenvalue weighted by atomic mass is 10.1. The summed E-state index contributed by atoms with van der Waals surface area (Å²) in [4.78, 5) is 17.3. The molecular weight excluding hydrogens is 413 g/mol. The average Bonchev–Trinajstić information content (AvgIpc) is 2.80. The van der Waals surface area contributed by atoms with Crippen LogP contribution in [0.25, 0.3) is 0 Å². The fourth-order valence-corrected chi connectivity index (χ4v) is 3.93. The van der Waals surface area contributed by atoms with Gasteiger partial charge >= 0.3 is 0 Å². The van der Waals surface area contributed by atoms with Gasteiger partial charge in [0.15, 0.2) is 0 Å². The molecule has 4 rings (SSSR count). The third-order valence-electron chi connectivity index (χ3n) is 5.56. The third-order valence-corrected chi connectivity index (χ3v) is 5.81. The average molecular weight is 438 g/mol. The van der Waals surface area contributed by atoms with Crippen LogP contribution >= 0.6 is 11.6 Å². The van der Waals surface area contributed by atoms with Crippen molar-refractivity contribution in [3.05, 3.63) is 100 Å². The highest BCUT2D eigenvalue weighted by atomic mass is 35.5. The molecule has 0 radical (unpaired) electrons. The molecule has 1 amide bonds. The van der Waals surface area contributed by atoms with Gasteiger partial charge in [0.25, 0.3) is 5.91 Å². The third kappa shape index (κ3) is 5.63. The van der Waals surface area contributed by atoms with Crippen LogP contribution in [0.1, 0.15) is 21.5 Å². The van der Waals surface area contributed by atoms with Crippen LogP contribution in [0, 0.1) is 5.82 Å². The standard InChI is InChI=1S/C25H25ClFN3O/c26-22-8-10-23(11-9-22)30-14-12-29(13-15-30)18-19-4-3-6-20(16-19)25(31)28-17-21-5-1-2-7-24(21)27/h1-11,16H,12-15,17-18H2,(H,28,31). The van der Waals surface area contributed by atoms with Gasteiger partial charge in [0.1, 0.15) is 5.82 Å². The first-order valence-corrected chi connectivity index (χ1v) is 10.8. The van der Waals surface area contributed by atoms with Gasteiger partial charge in [-0.05, 0) is 48.0 Å². The summed E-state index contributed by atoms with van der Waals surface area (Å²) in [6.07, 6.45) is 0. The SMILES string of the molecule is O=C(NCc1ccccc1F)c1cccc(CN2CCN(c3ccc(Cl)cc3)CC2)c1. The van der Waals surface area contributed by atoms with Crippen molar-refractivity contribution in [2.24, 2.45) is 0 Å². The van der Waals surface area contributed by atoms with E-state index in [1.807, 2.05) is 30.3 Å². The first kappa shape index (κ1) is 21.3. The summed E-state index contributed by atoms with van der Waals surface area (Å²) in [5.74, 6) is -0.507. The highest BCUT2D eigenvalue weighted by Crippen LogP contribution is 2.20. The lowest BCUT2D eigenvalue weighted by Crippen LogP contribution is -2.45. The smallest absolute Gasteiger partial charge is 0.251 e. The molecule has 0 spiro atoms. The van der Waals surface area contributed by atoms with Crippen molar-refractivity contribution in [1.29, 1.82) is 0 Å². The highest BCUT2D eigenvalue weighted by molar-refractivity contribution is 6.30. The lowest BCUT2D eigenvalue weighted by Gasteiger charge is -2.36. The van der Waals surface area contributed by atoms with Gasteiger partial charge in [0, 0.05) is 61.1 Å². The second kappa shape index (κ2) is 9.94. The highest BCUT2D eigenvalue weighted by Gasteiger charge is 2.18. The van der Waals surface area contributed by atoms with Crippen molar-refractivity contribution in [1.82, 2.24) is 10.2 Å². The van der Waals surface area contributed by atoms with Gasteiger partial charge in [-0.3, -0.25) is 9.69 Å². The molecule has 1 saturated heterocycles. The van der Waals surface area contributed by atoms with E-state index < -0.39 is 0 Å². The minimum absolute atomic E-state index is 0.169. The lowest BCUT2D eigenvalue weighted by molar-refractivity contribution is 0.0950. The van der Waals surface area contributed by atoms with E-state index in [0.717, 1.165) is 43.3 Å². The number of hydrogen-bond donors (Lipinski definition) is 1. The normalized spacial score (nSPS) is 14.5. The van der Waals surface area contributed by atoms with Gasteiger partial charge in [-0.15, -0.1) is 0 Å². The van der Waals surface area contributed by atoms with E-state index in [0.29, 0.717) is 11.1 Å². The molecule has 160 valence electrons. The monoisotopic (exact) mass is 437 g/mol. The number of halogens is 2. The van der Waals surface area contributed by atoms with E-state index in [1.165, 1.54) is 11.8 Å². The summed E-state index contributed by atoms with van der Waals surface area (Å²) in [6.45, 7) is 4.76. The maximum atomic E-state index is 13.8. The van der Waals surface area contributed by atoms with Crippen molar-refractivity contribution in [2.45, 2.75) is 13.1 Å². The molecule has 4 nitrogen and oxygen atoms in total. The minimum Gasteiger partial charge on any atom is -0.369 e. The van der Waals surface area contributed by atoms with Crippen LogP contribution in [0.3, 0.4) is 0 Å². The van der Waals surface area contributed by atoms with Crippen LogP contribution in [0.2, 0.25) is 5.02 Å². The summed E-state index contributed by atoms with van der Waals surface area (Å²) in [5, 5.41) is 3.56. The molecule has 31 heavy (non-hydrogen) atoms. The zero-order valence-electron chi connectivity index (χ0n) is 17.2. The zero-order valence-corrected chi connectivity index (χ0v) is 18.0. The Morgan fingerprint density at radius 1 is 0.935 bits per heavy atom. The molecule has 0 atom stereocenters. The molecule has 0 unspecified atom stereocenters. The number of carbonyl (C=O) groups is 1. The Labute approximate surface area is 187 Å². The Kier molecular flexibility index (Phi) is 6.85. The van der Waals surface area contributed by atoms with Crippen LogP contribution in [-0.4, -0.2) is 37.0 Å². The quantitative estimate of drug-likeness (QED) is 0.605. The number of anilines is 1. The van der Waals surface area contributed by atoms with Crippen LogP contribution in [0.15, 0.2) is 72.8 Å². The van der Waals surface area contributed by atoms with Crippen LogP contribution < -0.4 is 10.2 Å². The van der Waals surface area contributed by atoms with Crippen molar-refractivity contribution in [2.75, 3.05) is 31.1 Å². The maximum Gasteiger partial charge on any atom is 0.251 e. The predicted octanol–water partition coefficient (Wildman–Crippen LogP) is 4.73. The topological polar surface area (TPSA) is 35.6 Å². The Hall–Kier alpha value is -2.89. The van der Waals surface area contributed by atoms with Crippen LogP contribution in [0.5, 0.6) is 0 Å². The molecule has 6 heteroatoms. The van der Waals surface area contributed by atoms with Gasteiger partial charge in [-0.1, -0.05) is 41.9 Å². The number of benzene rings is 3. The fourth-order valence-electron chi connectivity index (χ4n) is 3.80. The molecule has 0 saturated carbocycles. The number of piperazine rings is 1. The van der Waals surface area contributed by atoms with Gasteiger partial charge in [-0.25, -0.2) is 4.39 Å². The molecule has 0 aromatic heterocycles. The molecule has 1 heterocycles. The van der Waals surface area contributed by atoms with Gasteiger partial charge in [0.2, 0.25) is 0 Å². The first-order chi connectivity index (χ1) is 15.1. The number of nitrogens with zero attached hydrogens (tertiary/aromatic N) is 2. The Morgan fingerprint density at radius 3 is 2.42 bits per heavy atom. The summed E-state index contributed by atoms with van der Waals surface area (Å²) >= 11 is 5.98. The maximum absolute atomic E-state index is 13.8. The summed E-state index contributed by atoms with van der Waals surface area (Å²) < 4.78 is 13.8. The zero-order chi connectivity index (χ0) is 21.6. The van der Waals surface area contributed by atoms with Crippen molar-refractivity contribution in [3.8, 4) is 0 Å². The predicted molar refractivity (Wildman–Crippen MR) is 123 cm³/mol. The number of carbonyl (C=O) groups excluding carboxylic acids is 1. The van der Waals surface area contributed by atoms with E-state index in [2.05, 4.69) is 27.2 Å². The molecule has 1 aliphatic rings. The number of rotatable bonds is 6. The molecule has 3 aromatic rings. The van der Waals surface area contributed by atoms with Crippen molar-refractivity contribution >= 4 is 23.2 Å². The van der Waals surface area contributed by atoms with Gasteiger partial charge in [-0.2, -0.15) is 0 Å². The molecule has 1 fully saturated rings. The Balaban J connectivity index is 1.31. The minimum atomic E-state index is -0.311. The van der Waals surface area contributed by atoms with Crippen LogP contribution in [0.4, 0.5) is 10.1 Å². The Bertz CT molecular complexity index is 1030. The van der Waals surface area contributed by atoms with Gasteiger partial charge in [0.05, 0.1) is 0 Å². The number of amides is 1. The van der Waals surface area contributed by atoms with Crippen molar-refractivity contribution < 1.29 is 9.18 Å². The van der Waals surface area contributed by atoms with E-state index >= 15 is 0 Å². The van der Waals surface area contributed by atoms with Crippen molar-refractivity contribution in [3.63, 3.8) is 0 Å². The molecule has 0 bridgehead atoms. The second-order valence-corrected chi connectivity index (χ2v) is 8.15. The van der Waals surface area contributed by atoms with E-state index in [4.69, 9.17) is 11.6 Å². The first-order valence-electron chi connectivity index (χ1n) is 10.4. The second-order valence-electron chi connectivity index (χ2n) is 7.71. The van der Waals surface area contributed by atoms with E-state index in [9.17, 15) is 9.18 Å². The summed E-state index contributed by atoms with van der Waals surface area (Å²) in [5.41, 5.74) is 3.36. The largest absolute Gasteiger partial charge is 0.369 e. The number of nitrogens with one attached hydrogen (secondary N) is 1. The summed E-state index contributed by atoms with van der Waals surface area (Å²) in [6, 6.07) is 22.1. The Morgan fingerprint density at radius 2 is 1.68 bits per heavy atom. The van der Waals surface area contributed by atoms with E-state index in [-0.39, 0.29) is 18.3 Å².